The Hall–Kier alpha value is -3.81. The number of nitrogens with zero attached hydrogens (tertiary/aromatic N) is 1. The number of ketones is 2. The van der Waals surface area contributed by atoms with Crippen molar-refractivity contribution < 1.29 is 48.7 Å². The van der Waals surface area contributed by atoms with Crippen molar-refractivity contribution in [3.05, 3.63) is 39.9 Å². The van der Waals surface area contributed by atoms with Gasteiger partial charge >= 0.3 is 0 Å². The highest BCUT2D eigenvalue weighted by Gasteiger charge is 2.64. The Balaban J connectivity index is 1.79. The monoisotopic (exact) mass is 575 g/mol. The van der Waals surface area contributed by atoms with Crippen LogP contribution >= 0.6 is 0 Å². The number of hydrogen-bond acceptors (Lipinski definition) is 10. The number of anilines is 1. The van der Waals surface area contributed by atoms with Gasteiger partial charge in [-0.2, -0.15) is 0 Å². The van der Waals surface area contributed by atoms with E-state index in [0.717, 1.165) is 6.07 Å². The third-order valence-corrected chi connectivity index (χ3v) is 7.80. The molecule has 2 amide bonds. The lowest BCUT2D eigenvalue weighted by molar-refractivity contribution is -0.153. The first kappa shape index (κ1) is 30.2. The van der Waals surface area contributed by atoms with Gasteiger partial charge in [-0.1, -0.05) is 0 Å². The zero-order chi connectivity index (χ0) is 30.8. The molecule has 4 rings (SSSR count). The van der Waals surface area contributed by atoms with Gasteiger partial charge in [0.25, 0.3) is 5.91 Å². The highest BCUT2D eigenvalue weighted by atomic mass is 19.1. The molecular weight excluding hydrogens is 541 g/mol. The molecule has 0 heterocycles. The summed E-state index contributed by atoms with van der Waals surface area (Å²) in [5, 5.41) is 47.1. The molecule has 41 heavy (non-hydrogen) atoms. The van der Waals surface area contributed by atoms with Gasteiger partial charge in [0, 0.05) is 23.1 Å². The van der Waals surface area contributed by atoms with E-state index in [-0.39, 0.29) is 37.1 Å². The maximum absolute atomic E-state index is 15.4. The summed E-state index contributed by atoms with van der Waals surface area (Å²) in [5.41, 5.74) is -0.301. The number of carbonyl (C=O) groups is 4. The van der Waals surface area contributed by atoms with E-state index in [4.69, 9.17) is 10.5 Å². The number of nitrogens with one attached hydrogen (secondary N) is 1. The molecule has 0 saturated heterocycles. The molecule has 3 aliphatic rings. The molecule has 12 nitrogen and oxygen atoms in total. The van der Waals surface area contributed by atoms with Crippen LogP contribution < -0.4 is 11.1 Å². The van der Waals surface area contributed by atoms with Crippen LogP contribution in [0.15, 0.2) is 23.0 Å². The minimum absolute atomic E-state index is 0.0511. The van der Waals surface area contributed by atoms with Gasteiger partial charge in [0.1, 0.15) is 22.9 Å². The fraction of sp³-hybridized carbons (Fsp3) is 0.500. The number of aliphatic hydroxyl groups excluding tert-OH is 2. The lowest BCUT2D eigenvalue weighted by Gasteiger charge is -2.50. The number of primary amides is 1. The lowest BCUT2D eigenvalue weighted by atomic mass is 9.57. The van der Waals surface area contributed by atoms with Gasteiger partial charge in [-0.15, -0.1) is 0 Å². The number of halogens is 1. The van der Waals surface area contributed by atoms with Crippen LogP contribution in [0, 0.1) is 17.7 Å². The Labute approximate surface area is 235 Å². The standard InChI is InChI=1S/C28H34FN3O9/c1-27(2,3)41-7-6-16(33)31-15-10-14(29)12-8-11-9-13-20(32(4)5)23(36)19(26(30)39)25(38)28(13,40)24(37)17(11)22(35)18(12)21(15)34/h10-11,13,20,34-35,38,40H,6-9H2,1-5H3,(H2,30,39)(H,31,33)/t11-,13-,20-,28-/m0/s1. The van der Waals surface area contributed by atoms with E-state index in [1.54, 1.807) is 20.8 Å². The molecule has 0 aliphatic heterocycles. The topological polar surface area (TPSA) is 200 Å². The number of likely N-dealkylation sites (N-methyl/N-ethyl adjacent to an activating group) is 1. The fourth-order valence-electron chi connectivity index (χ4n) is 6.02. The Bertz CT molecular complexity index is 1430. The molecular formula is C28H34FN3O9. The van der Waals surface area contributed by atoms with E-state index in [1.165, 1.54) is 19.0 Å². The predicted octanol–water partition coefficient (Wildman–Crippen LogP) is 1.25. The summed E-state index contributed by atoms with van der Waals surface area (Å²) >= 11 is 0. The van der Waals surface area contributed by atoms with E-state index < -0.39 is 92.3 Å². The van der Waals surface area contributed by atoms with Gasteiger partial charge in [-0.25, -0.2) is 4.39 Å². The number of Topliss-reactive ketones (excluding diaryl/α,β-unsaturated/α-hetero) is 2. The predicted molar refractivity (Wildman–Crippen MR) is 143 cm³/mol. The molecule has 3 aliphatic carbocycles. The van der Waals surface area contributed by atoms with Crippen LogP contribution in [-0.2, 0) is 30.3 Å². The Kier molecular flexibility index (Phi) is 7.52. The molecule has 1 fully saturated rings. The van der Waals surface area contributed by atoms with Crippen LogP contribution in [0.25, 0.3) is 5.76 Å². The maximum atomic E-state index is 15.4. The number of nitrogens with two attached hydrogens (primary N) is 1. The number of ether oxygens (including phenoxy) is 1. The van der Waals surface area contributed by atoms with Crippen LogP contribution in [-0.4, -0.2) is 86.7 Å². The van der Waals surface area contributed by atoms with Crippen molar-refractivity contribution >= 4 is 34.8 Å². The van der Waals surface area contributed by atoms with Crippen molar-refractivity contribution in [1.82, 2.24) is 4.90 Å². The number of aromatic hydroxyl groups is 1. The van der Waals surface area contributed by atoms with Crippen molar-refractivity contribution in [1.29, 1.82) is 0 Å². The zero-order valence-corrected chi connectivity index (χ0v) is 23.4. The molecule has 1 aromatic carbocycles. The van der Waals surface area contributed by atoms with Gasteiger partial charge in [0.15, 0.2) is 17.1 Å². The molecule has 0 spiro atoms. The van der Waals surface area contributed by atoms with Gasteiger partial charge in [-0.3, -0.25) is 24.1 Å². The van der Waals surface area contributed by atoms with Crippen LogP contribution in [0.5, 0.6) is 5.75 Å². The first-order chi connectivity index (χ1) is 18.9. The molecule has 0 unspecified atom stereocenters. The average molecular weight is 576 g/mol. The van der Waals surface area contributed by atoms with Crippen molar-refractivity contribution in [3.63, 3.8) is 0 Å². The second kappa shape index (κ2) is 10.2. The second-order valence-corrected chi connectivity index (χ2v) is 11.8. The number of amides is 2. The molecule has 0 aromatic heterocycles. The Morgan fingerprint density at radius 1 is 1.22 bits per heavy atom. The highest BCUT2D eigenvalue weighted by Crippen LogP contribution is 2.53. The summed E-state index contributed by atoms with van der Waals surface area (Å²) in [5.74, 6) is -9.90. The molecule has 0 bridgehead atoms. The summed E-state index contributed by atoms with van der Waals surface area (Å²) in [4.78, 5) is 52.8. The number of phenolic OH excluding ortho intramolecular Hbond substituents is 1. The smallest absolute Gasteiger partial charge is 0.255 e. The minimum Gasteiger partial charge on any atom is -0.508 e. The normalized spacial score (nSPS) is 26.1. The largest absolute Gasteiger partial charge is 0.508 e. The number of rotatable bonds is 6. The molecule has 222 valence electrons. The summed E-state index contributed by atoms with van der Waals surface area (Å²) in [7, 11) is 2.96. The molecule has 13 heteroatoms. The van der Waals surface area contributed by atoms with Gasteiger partial charge < -0.3 is 36.2 Å². The van der Waals surface area contributed by atoms with Gasteiger partial charge in [0.05, 0.1) is 35.9 Å². The molecule has 1 saturated carbocycles. The summed E-state index contributed by atoms with van der Waals surface area (Å²) < 4.78 is 20.9. The first-order valence-corrected chi connectivity index (χ1v) is 13.0. The third kappa shape index (κ3) is 4.87. The third-order valence-electron chi connectivity index (χ3n) is 7.80. The Morgan fingerprint density at radius 2 is 1.85 bits per heavy atom. The highest BCUT2D eigenvalue weighted by molar-refractivity contribution is 6.24. The molecule has 7 N–H and O–H groups in total. The van der Waals surface area contributed by atoms with Crippen LogP contribution in [0.3, 0.4) is 0 Å². The number of carbonyl (C=O) groups excluding carboxylic acids is 4. The quantitative estimate of drug-likeness (QED) is 0.212. The van der Waals surface area contributed by atoms with E-state index in [0.29, 0.717) is 0 Å². The van der Waals surface area contributed by atoms with Crippen LogP contribution in [0.1, 0.15) is 44.7 Å². The number of hydrogen-bond donors (Lipinski definition) is 6. The average Bonchev–Trinajstić information content (AvgIpc) is 2.83. The minimum atomic E-state index is -2.81. The van der Waals surface area contributed by atoms with Gasteiger partial charge in [-0.05, 0) is 53.6 Å². The van der Waals surface area contributed by atoms with Crippen molar-refractivity contribution in [2.24, 2.45) is 17.6 Å². The maximum Gasteiger partial charge on any atom is 0.255 e. The van der Waals surface area contributed by atoms with Gasteiger partial charge in [0.2, 0.25) is 11.7 Å². The molecule has 0 radical (unpaired) electrons. The Morgan fingerprint density at radius 3 is 2.41 bits per heavy atom. The number of phenols is 1. The zero-order valence-electron chi connectivity index (χ0n) is 23.4. The SMILES string of the molecule is CN(C)[C@@H]1C(=O)C(C(N)=O)=C(O)[C@@]2(O)C(=O)C3=C(O)c4c(O)c(NC(=O)CCOC(C)(C)C)cc(F)c4C[C@H]3C[C@@H]12. The summed E-state index contributed by atoms with van der Waals surface area (Å²) in [6.07, 6.45) is -0.489. The van der Waals surface area contributed by atoms with Crippen molar-refractivity contribution in [3.8, 4) is 5.75 Å². The van der Waals surface area contributed by atoms with E-state index in [2.05, 4.69) is 5.32 Å². The van der Waals surface area contributed by atoms with E-state index >= 15 is 4.39 Å². The molecule has 1 aromatic rings. The van der Waals surface area contributed by atoms with Crippen molar-refractivity contribution in [2.75, 3.05) is 26.0 Å². The second-order valence-electron chi connectivity index (χ2n) is 11.8. The number of fused-ring (bicyclic) bond motifs is 3. The van der Waals surface area contributed by atoms with E-state index in [9.17, 15) is 39.6 Å². The fourth-order valence-corrected chi connectivity index (χ4v) is 6.02. The van der Waals surface area contributed by atoms with Crippen molar-refractivity contribution in [2.45, 2.75) is 57.3 Å². The lowest BCUT2D eigenvalue weighted by Crippen LogP contribution is -2.65. The number of benzene rings is 1. The molecule has 4 atom stereocenters. The summed E-state index contributed by atoms with van der Waals surface area (Å²) in [6.45, 7) is 5.47. The first-order valence-electron chi connectivity index (χ1n) is 13.0. The summed E-state index contributed by atoms with van der Waals surface area (Å²) in [6, 6.07) is -0.346. The van der Waals surface area contributed by atoms with Crippen LogP contribution in [0.2, 0.25) is 0 Å². The number of aliphatic hydroxyl groups is 3. The van der Waals surface area contributed by atoms with Crippen LogP contribution in [0.4, 0.5) is 10.1 Å². The van der Waals surface area contributed by atoms with E-state index in [1.807, 2.05) is 0 Å².